The number of aromatic nitrogens is 4. The summed E-state index contributed by atoms with van der Waals surface area (Å²) in [5.74, 6) is 5.82. The number of nitrogens with one attached hydrogen (secondary N) is 1. The third-order valence-corrected chi connectivity index (χ3v) is 4.12. The third kappa shape index (κ3) is 2.14. The molecular formula is C16H16N4O2. The summed E-state index contributed by atoms with van der Waals surface area (Å²) in [6.45, 7) is -0.0366. The molecule has 3 rings (SSSR count). The van der Waals surface area contributed by atoms with E-state index in [-0.39, 0.29) is 13.1 Å². The van der Waals surface area contributed by atoms with Crippen LogP contribution in [0.15, 0.2) is 9.59 Å². The van der Waals surface area contributed by atoms with Crippen LogP contribution in [-0.4, -0.2) is 19.1 Å². The number of hydrogen-bond donors (Lipinski definition) is 1. The van der Waals surface area contributed by atoms with Crippen LogP contribution in [0.2, 0.25) is 0 Å². The van der Waals surface area contributed by atoms with E-state index < -0.39 is 11.2 Å². The monoisotopic (exact) mass is 296 g/mol. The minimum atomic E-state index is -0.516. The Bertz CT molecular complexity index is 911. The van der Waals surface area contributed by atoms with Gasteiger partial charge in [-0.2, -0.15) is 0 Å². The Morgan fingerprint density at radius 3 is 2.41 bits per heavy atom. The lowest BCUT2D eigenvalue weighted by molar-refractivity contribution is 0.656. The van der Waals surface area contributed by atoms with Crippen LogP contribution in [0, 0.1) is 24.7 Å². The molecule has 2 heterocycles. The Hall–Kier alpha value is -2.73. The summed E-state index contributed by atoms with van der Waals surface area (Å²) < 4.78 is 2.33. The van der Waals surface area contributed by atoms with Gasteiger partial charge >= 0.3 is 5.69 Å². The van der Waals surface area contributed by atoms with E-state index in [1.807, 2.05) is 0 Å². The molecule has 0 bridgehead atoms. The maximum atomic E-state index is 12.5. The van der Waals surface area contributed by atoms with Crippen molar-refractivity contribution in [1.82, 2.24) is 19.1 Å². The van der Waals surface area contributed by atoms with E-state index in [4.69, 9.17) is 12.8 Å². The molecule has 2 aromatic rings. The summed E-state index contributed by atoms with van der Waals surface area (Å²) in [4.78, 5) is 32.4. The Kier molecular flexibility index (Phi) is 3.60. The van der Waals surface area contributed by atoms with Gasteiger partial charge in [0.1, 0.15) is 11.3 Å². The van der Waals surface area contributed by atoms with Gasteiger partial charge in [0.05, 0.1) is 13.1 Å². The maximum Gasteiger partial charge on any atom is 0.334 e. The van der Waals surface area contributed by atoms with Gasteiger partial charge in [0, 0.05) is 5.92 Å². The van der Waals surface area contributed by atoms with Crippen molar-refractivity contribution in [2.75, 3.05) is 0 Å². The van der Waals surface area contributed by atoms with Crippen molar-refractivity contribution in [1.29, 1.82) is 0 Å². The quantitative estimate of drug-likeness (QED) is 0.852. The van der Waals surface area contributed by atoms with E-state index in [1.165, 1.54) is 4.57 Å². The maximum absolute atomic E-state index is 12.5. The van der Waals surface area contributed by atoms with Gasteiger partial charge in [-0.3, -0.25) is 9.36 Å². The molecule has 6 nitrogen and oxygen atoms in total. The minimum Gasteiger partial charge on any atom is -0.336 e. The zero-order chi connectivity index (χ0) is 15.7. The highest BCUT2D eigenvalue weighted by molar-refractivity contribution is 5.70. The first-order chi connectivity index (χ1) is 10.7. The minimum absolute atomic E-state index is 0.0507. The predicted octanol–water partition coefficient (Wildman–Crippen LogP) is 0.810. The molecule has 1 fully saturated rings. The van der Waals surface area contributed by atoms with Crippen LogP contribution in [0.5, 0.6) is 0 Å². The molecular weight excluding hydrogens is 280 g/mol. The van der Waals surface area contributed by atoms with Gasteiger partial charge in [-0.05, 0) is 12.8 Å². The molecule has 1 aliphatic carbocycles. The lowest BCUT2D eigenvalue weighted by Crippen LogP contribution is -2.39. The first-order valence-electron chi connectivity index (χ1n) is 7.27. The first kappa shape index (κ1) is 14.2. The molecule has 0 atom stereocenters. The van der Waals surface area contributed by atoms with Crippen LogP contribution in [0.3, 0.4) is 0 Å². The summed E-state index contributed by atoms with van der Waals surface area (Å²) in [6.07, 6.45) is 15.0. The zero-order valence-electron chi connectivity index (χ0n) is 12.1. The van der Waals surface area contributed by atoms with E-state index in [9.17, 15) is 9.59 Å². The summed E-state index contributed by atoms with van der Waals surface area (Å²) in [5.41, 5.74) is -0.337. The summed E-state index contributed by atoms with van der Waals surface area (Å²) in [6, 6.07) is 0. The van der Waals surface area contributed by atoms with Crippen molar-refractivity contribution < 1.29 is 0 Å². The van der Waals surface area contributed by atoms with Crippen LogP contribution in [0.25, 0.3) is 11.2 Å². The Morgan fingerprint density at radius 2 is 1.77 bits per heavy atom. The Morgan fingerprint density at radius 1 is 1.14 bits per heavy atom. The van der Waals surface area contributed by atoms with Crippen molar-refractivity contribution in [3.8, 4) is 24.7 Å². The fraction of sp³-hybridized carbons (Fsp3) is 0.438. The molecule has 0 unspecified atom stereocenters. The largest absolute Gasteiger partial charge is 0.336 e. The number of hydrogen-bond acceptors (Lipinski definition) is 3. The number of aromatic amines is 1. The lowest BCUT2D eigenvalue weighted by Gasteiger charge is -2.06. The summed E-state index contributed by atoms with van der Waals surface area (Å²) in [5, 5.41) is 0. The van der Waals surface area contributed by atoms with Crippen LogP contribution < -0.4 is 11.2 Å². The highest BCUT2D eigenvalue weighted by atomic mass is 16.2. The van der Waals surface area contributed by atoms with Gasteiger partial charge in [0.25, 0.3) is 5.56 Å². The Balaban J connectivity index is 2.29. The highest BCUT2D eigenvalue weighted by Gasteiger charge is 2.23. The fourth-order valence-electron chi connectivity index (χ4n) is 3.04. The average Bonchev–Trinajstić information content (AvgIpc) is 3.16. The van der Waals surface area contributed by atoms with Crippen molar-refractivity contribution in [2.24, 2.45) is 0 Å². The standard InChI is InChI=1S/C16H16N4O2/c1-3-9-19-14-12(15(21)20(10-4-2)16(19)22)17-13(18-14)11-7-5-6-8-11/h1-2,11H,5-10H2,(H,17,18). The van der Waals surface area contributed by atoms with Crippen LogP contribution in [0.4, 0.5) is 0 Å². The molecule has 1 aliphatic rings. The van der Waals surface area contributed by atoms with Crippen molar-refractivity contribution in [2.45, 2.75) is 44.7 Å². The second kappa shape index (κ2) is 5.57. The zero-order valence-corrected chi connectivity index (χ0v) is 12.1. The highest BCUT2D eigenvalue weighted by Crippen LogP contribution is 2.32. The van der Waals surface area contributed by atoms with E-state index in [1.54, 1.807) is 0 Å². The smallest absolute Gasteiger partial charge is 0.334 e. The van der Waals surface area contributed by atoms with Crippen molar-refractivity contribution in [3.05, 3.63) is 26.7 Å². The fourth-order valence-corrected chi connectivity index (χ4v) is 3.04. The molecule has 0 aromatic carbocycles. The van der Waals surface area contributed by atoms with Gasteiger partial charge in [-0.25, -0.2) is 14.3 Å². The molecule has 1 N–H and O–H groups in total. The van der Waals surface area contributed by atoms with Gasteiger partial charge in [0.15, 0.2) is 5.65 Å². The number of nitrogens with zero attached hydrogens (tertiary/aromatic N) is 3. The van der Waals surface area contributed by atoms with E-state index >= 15 is 0 Å². The van der Waals surface area contributed by atoms with Crippen molar-refractivity contribution >= 4 is 11.2 Å². The molecule has 2 aromatic heterocycles. The predicted molar refractivity (Wildman–Crippen MR) is 83.5 cm³/mol. The molecule has 22 heavy (non-hydrogen) atoms. The SMILES string of the molecule is C#CCn1c(=O)c2[nH]c(C3CCCC3)nc2n(CC#C)c1=O. The van der Waals surface area contributed by atoms with Crippen molar-refractivity contribution in [3.63, 3.8) is 0 Å². The molecule has 6 heteroatoms. The summed E-state index contributed by atoms with van der Waals surface area (Å²) >= 11 is 0. The van der Waals surface area contributed by atoms with Crippen LogP contribution in [-0.2, 0) is 13.1 Å². The molecule has 0 saturated heterocycles. The average molecular weight is 296 g/mol. The first-order valence-corrected chi connectivity index (χ1v) is 7.27. The second-order valence-electron chi connectivity index (χ2n) is 5.47. The topological polar surface area (TPSA) is 72.7 Å². The number of H-pyrrole nitrogens is 1. The second-order valence-corrected chi connectivity index (χ2v) is 5.47. The number of terminal acetylenes is 2. The molecule has 1 saturated carbocycles. The van der Waals surface area contributed by atoms with Gasteiger partial charge in [0.2, 0.25) is 0 Å². The van der Waals surface area contributed by atoms with E-state index in [0.717, 1.165) is 36.1 Å². The van der Waals surface area contributed by atoms with E-state index in [0.29, 0.717) is 17.1 Å². The summed E-state index contributed by atoms with van der Waals surface area (Å²) in [7, 11) is 0. The lowest BCUT2D eigenvalue weighted by atomic mass is 10.1. The van der Waals surface area contributed by atoms with Gasteiger partial charge < -0.3 is 4.98 Å². The van der Waals surface area contributed by atoms with Crippen LogP contribution >= 0.6 is 0 Å². The molecule has 0 aliphatic heterocycles. The number of fused-ring (bicyclic) bond motifs is 1. The number of rotatable bonds is 3. The van der Waals surface area contributed by atoms with Crippen LogP contribution in [0.1, 0.15) is 37.4 Å². The van der Waals surface area contributed by atoms with Gasteiger partial charge in [-0.1, -0.05) is 24.7 Å². The van der Waals surface area contributed by atoms with Gasteiger partial charge in [-0.15, -0.1) is 12.8 Å². The number of imidazole rings is 1. The van der Waals surface area contributed by atoms with E-state index in [2.05, 4.69) is 21.8 Å². The Labute approximate surface area is 127 Å². The normalized spacial score (nSPS) is 15.0. The molecule has 0 spiro atoms. The molecule has 0 amide bonds. The third-order valence-electron chi connectivity index (χ3n) is 4.12. The molecule has 112 valence electrons. The molecule has 0 radical (unpaired) electrons.